The lowest BCUT2D eigenvalue weighted by Crippen LogP contribution is -2.19. The number of benzene rings is 2. The van der Waals surface area contributed by atoms with Crippen LogP contribution in [-0.2, 0) is 4.79 Å². The first kappa shape index (κ1) is 20.2. The first-order valence-corrected chi connectivity index (χ1v) is 10.1. The van der Waals surface area contributed by atoms with E-state index < -0.39 is 0 Å². The van der Waals surface area contributed by atoms with Gasteiger partial charge in [-0.05, 0) is 76.1 Å². The molecule has 3 rings (SSSR count). The maximum Gasteiger partial charge on any atom is 0.264 e. The fourth-order valence-corrected chi connectivity index (χ4v) is 3.85. The van der Waals surface area contributed by atoms with E-state index in [9.17, 15) is 4.79 Å². The first-order chi connectivity index (χ1) is 13.5. The standard InChI is InChI=1S/C21H19BrN2O3S/c1-4-9-27-17-8-6-14(11-15(17)22)12-19-20(25)24-21(28-19)23-16-10-13(2)5-7-18(16)26-3/h4-8,10-12H,1,9H2,2-3H3,(H,23,24,25)/b19-12-. The number of nitrogens with zero attached hydrogens (tertiary/aromatic N) is 1. The number of ether oxygens (including phenoxy) is 2. The third kappa shape index (κ3) is 4.85. The molecule has 1 aliphatic rings. The second kappa shape index (κ2) is 9.12. The topological polar surface area (TPSA) is 59.9 Å². The highest BCUT2D eigenvalue weighted by atomic mass is 79.9. The van der Waals surface area contributed by atoms with Crippen LogP contribution in [-0.4, -0.2) is 24.8 Å². The molecule has 2 aromatic carbocycles. The highest BCUT2D eigenvalue weighted by Crippen LogP contribution is 2.33. The average Bonchev–Trinajstić information content (AvgIpc) is 3.00. The van der Waals surface area contributed by atoms with Gasteiger partial charge >= 0.3 is 0 Å². The Bertz CT molecular complexity index is 986. The Hall–Kier alpha value is -2.51. The van der Waals surface area contributed by atoms with E-state index in [2.05, 4.69) is 32.8 Å². The van der Waals surface area contributed by atoms with Gasteiger partial charge < -0.3 is 14.8 Å². The van der Waals surface area contributed by atoms with Gasteiger partial charge in [0.2, 0.25) is 0 Å². The minimum Gasteiger partial charge on any atom is -0.494 e. The molecule has 0 aromatic heterocycles. The summed E-state index contributed by atoms with van der Waals surface area (Å²) in [6, 6.07) is 11.4. The fourth-order valence-electron chi connectivity index (χ4n) is 2.50. The number of hydrogen-bond acceptors (Lipinski definition) is 5. The van der Waals surface area contributed by atoms with Gasteiger partial charge in [-0.2, -0.15) is 0 Å². The Kier molecular flexibility index (Phi) is 6.59. The van der Waals surface area contributed by atoms with Gasteiger partial charge in [-0.25, -0.2) is 4.99 Å². The predicted molar refractivity (Wildman–Crippen MR) is 118 cm³/mol. The Balaban J connectivity index is 1.82. The lowest BCUT2D eigenvalue weighted by atomic mass is 10.2. The van der Waals surface area contributed by atoms with Gasteiger partial charge in [0.25, 0.3) is 5.91 Å². The smallest absolute Gasteiger partial charge is 0.264 e. The SMILES string of the molecule is C=CCOc1ccc(/C=C2\SC(=Nc3cc(C)ccc3OC)NC2=O)cc1Br. The van der Waals surface area contributed by atoms with Gasteiger partial charge in [0.15, 0.2) is 5.17 Å². The maximum atomic E-state index is 12.3. The highest BCUT2D eigenvalue weighted by molar-refractivity contribution is 9.10. The third-order valence-corrected chi connectivity index (χ3v) is 5.35. The zero-order valence-electron chi connectivity index (χ0n) is 15.5. The minimum absolute atomic E-state index is 0.182. The molecule has 0 saturated carbocycles. The average molecular weight is 459 g/mol. The molecule has 0 atom stereocenters. The van der Waals surface area contributed by atoms with Gasteiger partial charge in [-0.15, -0.1) is 0 Å². The lowest BCUT2D eigenvalue weighted by Gasteiger charge is -2.06. The molecular weight excluding hydrogens is 440 g/mol. The number of amides is 1. The van der Waals surface area contributed by atoms with Crippen LogP contribution in [0, 0.1) is 6.92 Å². The molecule has 0 bridgehead atoms. The van der Waals surface area contributed by atoms with Crippen molar-refractivity contribution < 1.29 is 14.3 Å². The number of rotatable bonds is 6. The quantitative estimate of drug-likeness (QED) is 0.475. The predicted octanol–water partition coefficient (Wildman–Crippen LogP) is 5.22. The number of aliphatic imine (C=N–C) groups is 1. The maximum absolute atomic E-state index is 12.3. The molecule has 0 unspecified atom stereocenters. The number of carbonyl (C=O) groups excluding carboxylic acids is 1. The van der Waals surface area contributed by atoms with E-state index in [1.807, 2.05) is 49.4 Å². The summed E-state index contributed by atoms with van der Waals surface area (Å²) >= 11 is 4.78. The van der Waals surface area contributed by atoms with E-state index in [1.54, 1.807) is 13.2 Å². The van der Waals surface area contributed by atoms with Crippen molar-refractivity contribution in [1.29, 1.82) is 0 Å². The van der Waals surface area contributed by atoms with Crippen molar-refractivity contribution >= 4 is 50.5 Å². The molecule has 5 nitrogen and oxygen atoms in total. The van der Waals surface area contributed by atoms with Crippen molar-refractivity contribution in [2.45, 2.75) is 6.92 Å². The Morgan fingerprint density at radius 1 is 1.25 bits per heavy atom. The summed E-state index contributed by atoms with van der Waals surface area (Å²) < 4.78 is 11.7. The van der Waals surface area contributed by atoms with Gasteiger partial charge in [0.05, 0.1) is 16.5 Å². The van der Waals surface area contributed by atoms with Crippen LogP contribution in [0.2, 0.25) is 0 Å². The summed E-state index contributed by atoms with van der Waals surface area (Å²) in [7, 11) is 1.60. The molecule has 1 fully saturated rings. The van der Waals surface area contributed by atoms with Gasteiger partial charge in [0, 0.05) is 0 Å². The fraction of sp³-hybridized carbons (Fsp3) is 0.143. The van der Waals surface area contributed by atoms with Crippen molar-refractivity contribution in [3.63, 3.8) is 0 Å². The number of aryl methyl sites for hydroxylation is 1. The van der Waals surface area contributed by atoms with E-state index in [4.69, 9.17) is 9.47 Å². The van der Waals surface area contributed by atoms with E-state index in [0.29, 0.717) is 28.1 Å². The van der Waals surface area contributed by atoms with Crippen LogP contribution in [0.5, 0.6) is 11.5 Å². The van der Waals surface area contributed by atoms with E-state index in [1.165, 1.54) is 11.8 Å². The number of hydrogen-bond donors (Lipinski definition) is 1. The Labute approximate surface area is 176 Å². The van der Waals surface area contributed by atoms with Crippen molar-refractivity contribution in [1.82, 2.24) is 5.32 Å². The molecule has 28 heavy (non-hydrogen) atoms. The van der Waals surface area contributed by atoms with Crippen LogP contribution in [0.15, 0.2) is 63.4 Å². The van der Waals surface area contributed by atoms with Crippen molar-refractivity contribution in [2.75, 3.05) is 13.7 Å². The number of nitrogens with one attached hydrogen (secondary N) is 1. The summed E-state index contributed by atoms with van der Waals surface area (Å²) in [5.74, 6) is 1.20. The van der Waals surface area contributed by atoms with E-state index in [0.717, 1.165) is 21.3 Å². The zero-order chi connectivity index (χ0) is 20.1. The number of halogens is 1. The molecule has 2 aromatic rings. The summed E-state index contributed by atoms with van der Waals surface area (Å²) in [5, 5.41) is 3.32. The Morgan fingerprint density at radius 3 is 2.75 bits per heavy atom. The molecule has 7 heteroatoms. The van der Waals surface area contributed by atoms with Gasteiger partial charge in [-0.3, -0.25) is 4.79 Å². The largest absolute Gasteiger partial charge is 0.494 e. The number of thioether (sulfide) groups is 1. The molecule has 0 aliphatic carbocycles. The molecular formula is C21H19BrN2O3S. The van der Waals surface area contributed by atoms with Gasteiger partial charge in [0.1, 0.15) is 23.8 Å². The van der Waals surface area contributed by atoms with Gasteiger partial charge in [-0.1, -0.05) is 24.8 Å². The number of methoxy groups -OCH3 is 1. The summed E-state index contributed by atoms with van der Waals surface area (Å²) in [6.45, 7) is 6.05. The van der Waals surface area contributed by atoms with Crippen LogP contribution in [0.3, 0.4) is 0 Å². The normalized spacial score (nSPS) is 16.3. The minimum atomic E-state index is -0.182. The summed E-state index contributed by atoms with van der Waals surface area (Å²) in [5.41, 5.74) is 2.62. The molecule has 1 N–H and O–H groups in total. The van der Waals surface area contributed by atoms with Crippen LogP contribution >= 0.6 is 27.7 Å². The molecule has 0 radical (unpaired) electrons. The van der Waals surface area contributed by atoms with E-state index in [-0.39, 0.29) is 5.91 Å². The number of amidine groups is 1. The number of carbonyl (C=O) groups is 1. The summed E-state index contributed by atoms with van der Waals surface area (Å²) in [4.78, 5) is 17.4. The van der Waals surface area contributed by atoms with Crippen LogP contribution in [0.4, 0.5) is 5.69 Å². The van der Waals surface area contributed by atoms with Crippen LogP contribution < -0.4 is 14.8 Å². The van der Waals surface area contributed by atoms with Crippen LogP contribution in [0.1, 0.15) is 11.1 Å². The van der Waals surface area contributed by atoms with Crippen LogP contribution in [0.25, 0.3) is 6.08 Å². The lowest BCUT2D eigenvalue weighted by molar-refractivity contribution is -0.115. The highest BCUT2D eigenvalue weighted by Gasteiger charge is 2.24. The molecule has 1 amide bonds. The van der Waals surface area contributed by atoms with Crippen molar-refractivity contribution in [3.8, 4) is 11.5 Å². The second-order valence-electron chi connectivity index (χ2n) is 5.95. The van der Waals surface area contributed by atoms with Crippen molar-refractivity contribution in [3.05, 3.63) is 69.6 Å². The zero-order valence-corrected chi connectivity index (χ0v) is 17.9. The third-order valence-electron chi connectivity index (χ3n) is 3.82. The molecule has 0 spiro atoms. The molecule has 1 saturated heterocycles. The molecule has 1 aliphatic heterocycles. The first-order valence-electron chi connectivity index (χ1n) is 8.47. The second-order valence-corrected chi connectivity index (χ2v) is 7.83. The Morgan fingerprint density at radius 2 is 2.04 bits per heavy atom. The molecule has 1 heterocycles. The van der Waals surface area contributed by atoms with Crippen molar-refractivity contribution in [2.24, 2.45) is 4.99 Å². The monoisotopic (exact) mass is 458 g/mol. The van der Waals surface area contributed by atoms with E-state index >= 15 is 0 Å². The molecule has 144 valence electrons. The summed E-state index contributed by atoms with van der Waals surface area (Å²) in [6.07, 6.45) is 3.50.